The predicted octanol–water partition coefficient (Wildman–Crippen LogP) is 3.32. The van der Waals surface area contributed by atoms with E-state index in [-0.39, 0.29) is 0 Å². The van der Waals surface area contributed by atoms with Crippen LogP contribution in [0, 0.1) is 12.8 Å². The standard InChI is InChI=1S/C15H23N/c1-12-5-3-6-13(11-12)9-10-15(16-2)14-7-4-8-14/h3,5-6,11,14-16H,4,7-10H2,1-2H3. The maximum absolute atomic E-state index is 3.49. The summed E-state index contributed by atoms with van der Waals surface area (Å²) in [7, 11) is 2.11. The third kappa shape index (κ3) is 2.85. The molecule has 0 radical (unpaired) electrons. The van der Waals surface area contributed by atoms with Gasteiger partial charge in [-0.15, -0.1) is 0 Å². The van der Waals surface area contributed by atoms with E-state index in [0.29, 0.717) is 0 Å². The molecule has 16 heavy (non-hydrogen) atoms. The van der Waals surface area contributed by atoms with Crippen molar-refractivity contribution in [3.63, 3.8) is 0 Å². The Hall–Kier alpha value is -0.820. The number of rotatable bonds is 5. The fourth-order valence-electron chi connectivity index (χ4n) is 2.65. The maximum Gasteiger partial charge on any atom is 0.00954 e. The smallest absolute Gasteiger partial charge is 0.00954 e. The van der Waals surface area contributed by atoms with Gasteiger partial charge in [-0.2, -0.15) is 0 Å². The topological polar surface area (TPSA) is 12.0 Å². The van der Waals surface area contributed by atoms with Crippen molar-refractivity contribution in [1.82, 2.24) is 5.32 Å². The van der Waals surface area contributed by atoms with Crippen molar-refractivity contribution in [2.24, 2.45) is 5.92 Å². The largest absolute Gasteiger partial charge is 0.317 e. The van der Waals surface area contributed by atoms with Crippen LogP contribution in [-0.4, -0.2) is 13.1 Å². The summed E-state index contributed by atoms with van der Waals surface area (Å²) in [4.78, 5) is 0. The van der Waals surface area contributed by atoms with Gasteiger partial charge in [0.2, 0.25) is 0 Å². The summed E-state index contributed by atoms with van der Waals surface area (Å²) >= 11 is 0. The molecule has 0 heterocycles. The fourth-order valence-corrected chi connectivity index (χ4v) is 2.65. The highest BCUT2D eigenvalue weighted by molar-refractivity contribution is 5.22. The SMILES string of the molecule is CNC(CCc1cccc(C)c1)C1CCC1. The van der Waals surface area contributed by atoms with E-state index in [0.717, 1.165) is 12.0 Å². The Morgan fingerprint density at radius 3 is 2.75 bits per heavy atom. The Bertz CT molecular complexity index is 328. The fraction of sp³-hybridized carbons (Fsp3) is 0.600. The van der Waals surface area contributed by atoms with Crippen molar-refractivity contribution in [1.29, 1.82) is 0 Å². The van der Waals surface area contributed by atoms with Crippen LogP contribution in [0.3, 0.4) is 0 Å². The highest BCUT2D eigenvalue weighted by Crippen LogP contribution is 2.31. The number of nitrogens with one attached hydrogen (secondary N) is 1. The van der Waals surface area contributed by atoms with Gasteiger partial charge in [0.15, 0.2) is 0 Å². The van der Waals surface area contributed by atoms with E-state index in [1.165, 1.54) is 43.2 Å². The Balaban J connectivity index is 1.85. The monoisotopic (exact) mass is 217 g/mol. The number of aryl methyl sites for hydroxylation is 2. The van der Waals surface area contributed by atoms with Gasteiger partial charge < -0.3 is 5.32 Å². The van der Waals surface area contributed by atoms with Gasteiger partial charge in [-0.3, -0.25) is 0 Å². The van der Waals surface area contributed by atoms with Crippen LogP contribution < -0.4 is 5.32 Å². The third-order valence-electron chi connectivity index (χ3n) is 3.92. The predicted molar refractivity (Wildman–Crippen MR) is 69.7 cm³/mol. The van der Waals surface area contributed by atoms with Crippen LogP contribution >= 0.6 is 0 Å². The molecule has 0 saturated heterocycles. The zero-order chi connectivity index (χ0) is 11.4. The lowest BCUT2D eigenvalue weighted by molar-refractivity contribution is 0.228. The summed E-state index contributed by atoms with van der Waals surface area (Å²) in [5, 5.41) is 3.49. The normalized spacial score (nSPS) is 18.1. The molecular weight excluding hydrogens is 194 g/mol. The summed E-state index contributed by atoms with van der Waals surface area (Å²) in [6.07, 6.45) is 6.79. The highest BCUT2D eigenvalue weighted by atomic mass is 14.9. The van der Waals surface area contributed by atoms with Crippen molar-refractivity contribution in [3.8, 4) is 0 Å². The first-order valence-corrected chi connectivity index (χ1v) is 6.52. The highest BCUT2D eigenvalue weighted by Gasteiger charge is 2.25. The Labute approximate surface area is 99.3 Å². The molecule has 0 aromatic heterocycles. The number of benzene rings is 1. The minimum absolute atomic E-state index is 0.731. The molecule has 1 aliphatic carbocycles. The molecule has 1 saturated carbocycles. The van der Waals surface area contributed by atoms with Crippen molar-refractivity contribution in [2.75, 3.05) is 7.05 Å². The van der Waals surface area contributed by atoms with Gasteiger partial charge in [0.1, 0.15) is 0 Å². The van der Waals surface area contributed by atoms with Gasteiger partial charge in [-0.25, -0.2) is 0 Å². The second-order valence-corrected chi connectivity index (χ2v) is 5.11. The number of hydrogen-bond donors (Lipinski definition) is 1. The van der Waals surface area contributed by atoms with Crippen LogP contribution in [-0.2, 0) is 6.42 Å². The van der Waals surface area contributed by atoms with Crippen LogP contribution in [0.4, 0.5) is 0 Å². The molecule has 88 valence electrons. The lowest BCUT2D eigenvalue weighted by atomic mass is 9.78. The molecule has 1 atom stereocenters. The molecule has 2 rings (SSSR count). The minimum atomic E-state index is 0.731. The molecule has 1 aliphatic rings. The Morgan fingerprint density at radius 2 is 2.19 bits per heavy atom. The quantitative estimate of drug-likeness (QED) is 0.798. The summed E-state index contributed by atoms with van der Waals surface area (Å²) in [6, 6.07) is 9.63. The van der Waals surface area contributed by atoms with E-state index in [1.807, 2.05) is 0 Å². The molecular formula is C15H23N. The Morgan fingerprint density at radius 1 is 1.38 bits per heavy atom. The van der Waals surface area contributed by atoms with Crippen LogP contribution in [0.2, 0.25) is 0 Å². The Kier molecular flexibility index (Phi) is 4.00. The second kappa shape index (κ2) is 5.49. The zero-order valence-electron chi connectivity index (χ0n) is 10.5. The van der Waals surface area contributed by atoms with Crippen molar-refractivity contribution in [3.05, 3.63) is 35.4 Å². The molecule has 1 N–H and O–H groups in total. The third-order valence-corrected chi connectivity index (χ3v) is 3.92. The summed E-state index contributed by atoms with van der Waals surface area (Å²) in [6.45, 7) is 2.17. The van der Waals surface area contributed by atoms with Gasteiger partial charge in [0.25, 0.3) is 0 Å². The molecule has 1 nitrogen and oxygen atoms in total. The van der Waals surface area contributed by atoms with Gasteiger partial charge in [-0.1, -0.05) is 36.2 Å². The molecule has 0 spiro atoms. The lowest BCUT2D eigenvalue weighted by Gasteiger charge is -2.33. The molecule has 1 unspecified atom stereocenters. The van der Waals surface area contributed by atoms with E-state index in [2.05, 4.69) is 43.6 Å². The van der Waals surface area contributed by atoms with Gasteiger partial charge in [0.05, 0.1) is 0 Å². The lowest BCUT2D eigenvalue weighted by Crippen LogP contribution is -2.37. The van der Waals surface area contributed by atoms with E-state index in [4.69, 9.17) is 0 Å². The molecule has 0 aliphatic heterocycles. The summed E-state index contributed by atoms with van der Waals surface area (Å²) in [5.41, 5.74) is 2.86. The van der Waals surface area contributed by atoms with Crippen LogP contribution in [0.25, 0.3) is 0 Å². The van der Waals surface area contributed by atoms with E-state index in [9.17, 15) is 0 Å². The zero-order valence-corrected chi connectivity index (χ0v) is 10.5. The molecule has 0 amide bonds. The van der Waals surface area contributed by atoms with Crippen LogP contribution in [0.1, 0.15) is 36.8 Å². The van der Waals surface area contributed by atoms with Crippen molar-refractivity contribution >= 4 is 0 Å². The van der Waals surface area contributed by atoms with E-state index in [1.54, 1.807) is 0 Å². The summed E-state index contributed by atoms with van der Waals surface area (Å²) in [5.74, 6) is 0.940. The molecule has 0 bridgehead atoms. The second-order valence-electron chi connectivity index (χ2n) is 5.11. The average molecular weight is 217 g/mol. The van der Waals surface area contributed by atoms with Crippen molar-refractivity contribution < 1.29 is 0 Å². The van der Waals surface area contributed by atoms with Gasteiger partial charge in [0, 0.05) is 6.04 Å². The molecule has 1 aromatic carbocycles. The van der Waals surface area contributed by atoms with Crippen LogP contribution in [0.5, 0.6) is 0 Å². The first-order chi connectivity index (χ1) is 7.79. The van der Waals surface area contributed by atoms with Crippen molar-refractivity contribution in [2.45, 2.75) is 45.1 Å². The van der Waals surface area contributed by atoms with Crippen LogP contribution in [0.15, 0.2) is 24.3 Å². The minimum Gasteiger partial charge on any atom is -0.317 e. The average Bonchev–Trinajstić information content (AvgIpc) is 2.21. The molecule has 1 heteroatoms. The molecule has 1 aromatic rings. The van der Waals surface area contributed by atoms with Gasteiger partial charge >= 0.3 is 0 Å². The van der Waals surface area contributed by atoms with E-state index < -0.39 is 0 Å². The maximum atomic E-state index is 3.49. The first kappa shape index (κ1) is 11.7. The molecule has 1 fully saturated rings. The van der Waals surface area contributed by atoms with Gasteiger partial charge in [-0.05, 0) is 51.1 Å². The first-order valence-electron chi connectivity index (χ1n) is 6.52. The van der Waals surface area contributed by atoms with E-state index >= 15 is 0 Å². The number of hydrogen-bond acceptors (Lipinski definition) is 1. The summed E-state index contributed by atoms with van der Waals surface area (Å²) < 4.78 is 0.